The van der Waals surface area contributed by atoms with Crippen LogP contribution in [0.4, 0.5) is 11.8 Å². The molecule has 2 fully saturated rings. The van der Waals surface area contributed by atoms with Crippen LogP contribution in [0.5, 0.6) is 0 Å². The zero-order valence-electron chi connectivity index (χ0n) is 24.3. The van der Waals surface area contributed by atoms with Gasteiger partial charge in [0, 0.05) is 25.0 Å². The van der Waals surface area contributed by atoms with Gasteiger partial charge >= 0.3 is 0 Å². The molecule has 3 heterocycles. The van der Waals surface area contributed by atoms with Crippen LogP contribution in [0.25, 0.3) is 11.2 Å². The highest BCUT2D eigenvalue weighted by Crippen LogP contribution is 2.29. The maximum atomic E-state index is 13.5. The highest BCUT2D eigenvalue weighted by Gasteiger charge is 2.47. The smallest absolute Gasteiger partial charge is 0.273 e. The van der Waals surface area contributed by atoms with Crippen LogP contribution in [0.1, 0.15) is 43.2 Å². The van der Waals surface area contributed by atoms with Crippen LogP contribution < -0.4 is 15.6 Å². The van der Waals surface area contributed by atoms with E-state index in [1.54, 1.807) is 6.92 Å². The molecule has 2 aliphatic rings. The summed E-state index contributed by atoms with van der Waals surface area (Å²) in [5.41, 5.74) is 2.99. The first-order valence-electron chi connectivity index (χ1n) is 14.9. The molecule has 13 heteroatoms. The Morgan fingerprint density at radius 3 is 2.25 bits per heavy atom. The fourth-order valence-electron chi connectivity index (χ4n) is 5.95. The number of ether oxygens (including phenoxy) is 1. The van der Waals surface area contributed by atoms with Gasteiger partial charge < -0.3 is 35.8 Å². The molecule has 6 rings (SSSR count). The number of hydrogen-bond donors (Lipinski definition) is 6. The lowest BCUT2D eigenvalue weighted by Gasteiger charge is -2.26. The quantitative estimate of drug-likeness (QED) is 0.154. The van der Waals surface area contributed by atoms with Gasteiger partial charge in [-0.15, -0.1) is 0 Å². The van der Waals surface area contributed by atoms with Crippen molar-refractivity contribution in [1.29, 1.82) is 0 Å². The van der Waals surface area contributed by atoms with Crippen molar-refractivity contribution in [2.24, 2.45) is 0 Å². The molecule has 1 amide bonds. The Morgan fingerprint density at radius 2 is 1.68 bits per heavy atom. The average molecular weight is 604 g/mol. The van der Waals surface area contributed by atoms with Crippen molar-refractivity contribution in [3.8, 4) is 0 Å². The Kier molecular flexibility index (Phi) is 8.73. The molecule has 13 nitrogen and oxygen atoms in total. The van der Waals surface area contributed by atoms with Gasteiger partial charge in [0.25, 0.3) is 5.91 Å². The minimum absolute atomic E-state index is 0.00142. The molecule has 6 atom stereocenters. The number of imidazole rings is 1. The van der Waals surface area contributed by atoms with Gasteiger partial charge in [0.05, 0.1) is 6.10 Å². The topological polar surface area (TPSA) is 178 Å². The summed E-state index contributed by atoms with van der Waals surface area (Å²) in [5, 5.41) is 48.4. The Hall–Kier alpha value is -4.14. The molecular formula is C31H37N7O6. The zero-order valence-corrected chi connectivity index (χ0v) is 24.3. The highest BCUT2D eigenvalue weighted by atomic mass is 16.6. The third-order valence-electron chi connectivity index (χ3n) is 8.29. The number of rotatable bonds is 10. The summed E-state index contributed by atoms with van der Waals surface area (Å²) in [7, 11) is 0. The first-order chi connectivity index (χ1) is 21.3. The Morgan fingerprint density at radius 1 is 1.00 bits per heavy atom. The Bertz CT molecular complexity index is 1530. The normalized spacial score (nSPS) is 25.0. The SMILES string of the molecule is CCN(C(=O)[C@H]1O[C@@H](O)[C@H](O)[C@@H]1O)n1cnc2c(NCC(c3ccccc3)c3ccccc3)nc(NC3CCC(O)C3)nc21. The number of nitrogens with one attached hydrogen (secondary N) is 2. The summed E-state index contributed by atoms with van der Waals surface area (Å²) >= 11 is 0. The van der Waals surface area contributed by atoms with E-state index in [1.165, 1.54) is 16.0 Å². The van der Waals surface area contributed by atoms with Gasteiger partial charge in [0.15, 0.2) is 29.4 Å². The van der Waals surface area contributed by atoms with Gasteiger partial charge in [-0.2, -0.15) is 9.97 Å². The maximum absolute atomic E-state index is 13.5. The molecule has 4 aromatic rings. The van der Waals surface area contributed by atoms with Crippen LogP contribution in [-0.2, 0) is 9.53 Å². The molecule has 1 aliphatic carbocycles. The van der Waals surface area contributed by atoms with Crippen molar-refractivity contribution in [2.45, 2.75) is 68.9 Å². The number of aromatic nitrogens is 4. The van der Waals surface area contributed by atoms with Crippen molar-refractivity contribution in [2.75, 3.05) is 28.7 Å². The summed E-state index contributed by atoms with van der Waals surface area (Å²) < 4.78 is 6.64. The van der Waals surface area contributed by atoms with Crippen molar-refractivity contribution in [3.63, 3.8) is 0 Å². The molecule has 2 aromatic carbocycles. The molecule has 1 saturated carbocycles. The summed E-state index contributed by atoms with van der Waals surface area (Å²) in [5.74, 6) is 0.0876. The minimum Gasteiger partial charge on any atom is -0.393 e. The third-order valence-corrected chi connectivity index (χ3v) is 8.29. The molecular weight excluding hydrogens is 566 g/mol. The molecule has 0 spiro atoms. The van der Waals surface area contributed by atoms with Gasteiger partial charge in [-0.25, -0.2) is 14.7 Å². The van der Waals surface area contributed by atoms with E-state index in [9.17, 15) is 25.2 Å². The summed E-state index contributed by atoms with van der Waals surface area (Å²) in [6.07, 6.45) is -3.33. The monoisotopic (exact) mass is 603 g/mol. The predicted octanol–water partition coefficient (Wildman–Crippen LogP) is 1.32. The number of aliphatic hydroxyl groups is 4. The molecule has 0 radical (unpaired) electrons. The first-order valence-corrected chi connectivity index (χ1v) is 14.9. The van der Waals surface area contributed by atoms with Crippen LogP contribution in [0.3, 0.4) is 0 Å². The van der Waals surface area contributed by atoms with E-state index in [1.807, 2.05) is 36.4 Å². The third kappa shape index (κ3) is 5.97. The van der Waals surface area contributed by atoms with E-state index in [4.69, 9.17) is 14.7 Å². The van der Waals surface area contributed by atoms with Crippen LogP contribution in [0, 0.1) is 0 Å². The lowest BCUT2D eigenvalue weighted by atomic mass is 9.91. The number of amides is 1. The largest absolute Gasteiger partial charge is 0.393 e. The Balaban J connectivity index is 1.36. The molecule has 1 saturated heterocycles. The number of carbonyl (C=O) groups excluding carboxylic acids is 1. The fraction of sp³-hybridized carbons (Fsp3) is 0.419. The predicted molar refractivity (Wildman–Crippen MR) is 162 cm³/mol. The van der Waals surface area contributed by atoms with Gasteiger partial charge in [0.2, 0.25) is 5.95 Å². The second kappa shape index (κ2) is 12.8. The van der Waals surface area contributed by atoms with Crippen molar-refractivity contribution in [1.82, 2.24) is 19.6 Å². The van der Waals surface area contributed by atoms with Crippen LogP contribution in [0.15, 0.2) is 67.0 Å². The standard InChI is InChI=1S/C31H37N7O6/c1-2-37(29(42)26-24(40)25(41)30(43)44-26)38-17-33-23-27(35-31(36-28(23)38)34-20-13-14-21(39)15-20)32-16-22(18-9-5-3-6-10-18)19-11-7-4-8-12-19/h3-12,17,20-22,24-26,30,39-41,43H,2,13-16H2,1H3,(H2,32,34,35,36)/t20?,21?,24-,25+,26-,30+/m0/s1. The number of hydrogen-bond acceptors (Lipinski definition) is 11. The van der Waals surface area contributed by atoms with Gasteiger partial charge in [-0.05, 0) is 37.3 Å². The maximum Gasteiger partial charge on any atom is 0.273 e. The van der Waals surface area contributed by atoms with E-state index in [0.29, 0.717) is 42.3 Å². The number of fused-ring (bicyclic) bond motifs is 1. The lowest BCUT2D eigenvalue weighted by Crippen LogP contribution is -2.50. The number of nitrogens with zero attached hydrogens (tertiary/aromatic N) is 5. The van der Waals surface area contributed by atoms with Gasteiger partial charge in [0.1, 0.15) is 18.5 Å². The zero-order chi connectivity index (χ0) is 30.8. The summed E-state index contributed by atoms with van der Waals surface area (Å²) in [6, 6.07) is 20.3. The van der Waals surface area contributed by atoms with E-state index in [-0.39, 0.29) is 18.5 Å². The van der Waals surface area contributed by atoms with Crippen molar-refractivity contribution >= 4 is 28.8 Å². The van der Waals surface area contributed by atoms with Crippen LogP contribution in [0.2, 0.25) is 0 Å². The van der Waals surface area contributed by atoms with E-state index >= 15 is 0 Å². The second-order valence-electron chi connectivity index (χ2n) is 11.2. The molecule has 1 aliphatic heterocycles. The second-order valence-corrected chi connectivity index (χ2v) is 11.2. The first kappa shape index (κ1) is 29.9. The Labute approximate surface area is 254 Å². The molecule has 2 unspecified atom stereocenters. The number of aliphatic hydroxyl groups excluding tert-OH is 4. The van der Waals surface area contributed by atoms with Crippen molar-refractivity contribution < 1.29 is 30.0 Å². The number of carbonyl (C=O) groups is 1. The van der Waals surface area contributed by atoms with E-state index < -0.39 is 36.6 Å². The van der Waals surface area contributed by atoms with Gasteiger partial charge in [-0.1, -0.05) is 60.7 Å². The molecule has 232 valence electrons. The van der Waals surface area contributed by atoms with Gasteiger partial charge in [-0.3, -0.25) is 4.79 Å². The minimum atomic E-state index is -1.69. The highest BCUT2D eigenvalue weighted by molar-refractivity contribution is 5.93. The number of benzene rings is 2. The van der Waals surface area contributed by atoms with Crippen molar-refractivity contribution in [3.05, 3.63) is 78.1 Å². The molecule has 44 heavy (non-hydrogen) atoms. The number of anilines is 2. The molecule has 0 bridgehead atoms. The average Bonchev–Trinajstić information content (AvgIpc) is 3.72. The fourth-order valence-corrected chi connectivity index (χ4v) is 5.95. The van der Waals surface area contributed by atoms with E-state index in [2.05, 4.69) is 39.9 Å². The summed E-state index contributed by atoms with van der Waals surface area (Å²) in [4.78, 5) is 27.6. The molecule has 6 N–H and O–H groups in total. The summed E-state index contributed by atoms with van der Waals surface area (Å²) in [6.45, 7) is 2.38. The lowest BCUT2D eigenvalue weighted by molar-refractivity contribution is -0.150. The van der Waals surface area contributed by atoms with E-state index in [0.717, 1.165) is 17.5 Å². The van der Waals surface area contributed by atoms with Crippen LogP contribution in [-0.4, -0.2) is 95.8 Å². The molecule has 2 aromatic heterocycles. The van der Waals surface area contributed by atoms with Crippen LogP contribution >= 0.6 is 0 Å². The number of likely N-dealkylation sites (N-methyl/N-ethyl adjacent to an activating group) is 1.